The summed E-state index contributed by atoms with van der Waals surface area (Å²) in [6.45, 7) is 14.1. The molecule has 1 N–H and O–H groups in total. The van der Waals surface area contributed by atoms with Gasteiger partial charge >= 0.3 is 0 Å². The van der Waals surface area contributed by atoms with E-state index in [2.05, 4.69) is 42.0 Å². The molecule has 174 valence electrons. The van der Waals surface area contributed by atoms with E-state index in [1.807, 2.05) is 69.3 Å². The molecule has 0 heterocycles. The number of rotatable bonds is 7. The highest BCUT2D eigenvalue weighted by atomic mass is 79.9. The van der Waals surface area contributed by atoms with E-state index in [9.17, 15) is 9.59 Å². The molecular weight excluding hydrogens is 468 g/mol. The Morgan fingerprint density at radius 3 is 2.19 bits per heavy atom. The molecule has 2 aromatic rings. The summed E-state index contributed by atoms with van der Waals surface area (Å²) < 4.78 is 6.64. The van der Waals surface area contributed by atoms with E-state index in [0.717, 1.165) is 10.0 Å². The van der Waals surface area contributed by atoms with E-state index in [1.165, 1.54) is 5.56 Å². The largest absolute Gasteiger partial charge is 0.483 e. The molecule has 32 heavy (non-hydrogen) atoms. The number of ether oxygens (including phenoxy) is 1. The maximum atomic E-state index is 13.2. The maximum absolute atomic E-state index is 13.2. The second kappa shape index (κ2) is 10.5. The van der Waals surface area contributed by atoms with E-state index in [1.54, 1.807) is 11.8 Å². The number of amides is 2. The van der Waals surface area contributed by atoms with Crippen molar-refractivity contribution in [2.24, 2.45) is 0 Å². The van der Waals surface area contributed by atoms with E-state index in [-0.39, 0.29) is 29.4 Å². The SMILES string of the molecule is C[C@H](C(=O)NC(C)(C)C)N(Cc1ccccc1)C(=O)COc1ccc(C(C)(C)C)cc1Br. The minimum atomic E-state index is -0.641. The lowest BCUT2D eigenvalue weighted by molar-refractivity contribution is -0.142. The molecule has 0 aliphatic carbocycles. The van der Waals surface area contributed by atoms with Crippen LogP contribution in [0.3, 0.4) is 0 Å². The van der Waals surface area contributed by atoms with Crippen molar-refractivity contribution < 1.29 is 14.3 Å². The van der Waals surface area contributed by atoms with Gasteiger partial charge in [0.25, 0.3) is 5.91 Å². The van der Waals surface area contributed by atoms with Gasteiger partial charge in [0.15, 0.2) is 6.61 Å². The van der Waals surface area contributed by atoms with Crippen molar-refractivity contribution in [2.45, 2.75) is 72.0 Å². The van der Waals surface area contributed by atoms with Crippen LogP contribution < -0.4 is 10.1 Å². The smallest absolute Gasteiger partial charge is 0.261 e. The predicted molar refractivity (Wildman–Crippen MR) is 133 cm³/mol. The molecule has 0 fully saturated rings. The van der Waals surface area contributed by atoms with Crippen LogP contribution in [-0.2, 0) is 21.5 Å². The van der Waals surface area contributed by atoms with Gasteiger partial charge in [-0.05, 0) is 72.3 Å². The van der Waals surface area contributed by atoms with Crippen molar-refractivity contribution in [3.63, 3.8) is 0 Å². The summed E-state index contributed by atoms with van der Waals surface area (Å²) >= 11 is 3.55. The summed E-state index contributed by atoms with van der Waals surface area (Å²) in [5.74, 6) is 0.146. The topological polar surface area (TPSA) is 58.6 Å². The molecule has 2 rings (SSSR count). The molecule has 5 nitrogen and oxygen atoms in total. The molecule has 2 aromatic carbocycles. The van der Waals surface area contributed by atoms with Crippen LogP contribution in [0, 0.1) is 0 Å². The Labute approximate surface area is 200 Å². The highest BCUT2D eigenvalue weighted by Gasteiger charge is 2.28. The van der Waals surface area contributed by atoms with Crippen LogP contribution >= 0.6 is 15.9 Å². The molecule has 0 saturated heterocycles. The van der Waals surface area contributed by atoms with E-state index >= 15 is 0 Å². The van der Waals surface area contributed by atoms with Crippen LogP contribution in [0.4, 0.5) is 0 Å². The molecular formula is C26H35BrN2O3. The fraction of sp³-hybridized carbons (Fsp3) is 0.462. The lowest BCUT2D eigenvalue weighted by atomic mass is 9.87. The second-order valence-electron chi connectivity index (χ2n) is 10.1. The van der Waals surface area contributed by atoms with Gasteiger partial charge in [0.1, 0.15) is 11.8 Å². The Morgan fingerprint density at radius 2 is 1.66 bits per heavy atom. The van der Waals surface area contributed by atoms with Crippen LogP contribution in [0.25, 0.3) is 0 Å². The van der Waals surface area contributed by atoms with Gasteiger partial charge in [-0.15, -0.1) is 0 Å². The minimum absolute atomic E-state index is 0.0131. The van der Waals surface area contributed by atoms with Crippen molar-refractivity contribution >= 4 is 27.7 Å². The first-order valence-corrected chi connectivity index (χ1v) is 11.7. The zero-order valence-corrected chi connectivity index (χ0v) is 21.7. The van der Waals surface area contributed by atoms with Crippen LogP contribution in [-0.4, -0.2) is 34.9 Å². The molecule has 0 aromatic heterocycles. The van der Waals surface area contributed by atoms with E-state index in [0.29, 0.717) is 12.3 Å². The number of carbonyl (C=O) groups is 2. The van der Waals surface area contributed by atoms with Gasteiger partial charge < -0.3 is 15.0 Å². The highest BCUT2D eigenvalue weighted by Crippen LogP contribution is 2.31. The lowest BCUT2D eigenvalue weighted by Gasteiger charge is -2.31. The van der Waals surface area contributed by atoms with Crippen molar-refractivity contribution in [1.82, 2.24) is 10.2 Å². The van der Waals surface area contributed by atoms with Gasteiger partial charge in [0, 0.05) is 12.1 Å². The van der Waals surface area contributed by atoms with Crippen LogP contribution in [0.2, 0.25) is 0 Å². The molecule has 0 aliphatic heterocycles. The first-order chi connectivity index (χ1) is 14.8. The molecule has 0 unspecified atom stereocenters. The maximum Gasteiger partial charge on any atom is 0.261 e. The normalized spacial score (nSPS) is 12.8. The Balaban J connectivity index is 2.18. The third-order valence-electron chi connectivity index (χ3n) is 5.01. The summed E-state index contributed by atoms with van der Waals surface area (Å²) in [5, 5.41) is 2.96. The van der Waals surface area contributed by atoms with E-state index in [4.69, 9.17) is 4.74 Å². The molecule has 1 atom stereocenters. The number of hydrogen-bond acceptors (Lipinski definition) is 3. The number of benzene rings is 2. The lowest BCUT2D eigenvalue weighted by Crippen LogP contribution is -2.53. The molecule has 0 spiro atoms. The first kappa shape index (κ1) is 25.9. The molecule has 0 radical (unpaired) electrons. The summed E-state index contributed by atoms with van der Waals surface area (Å²) in [4.78, 5) is 27.5. The van der Waals surface area contributed by atoms with Crippen molar-refractivity contribution in [2.75, 3.05) is 6.61 Å². The molecule has 0 bridgehead atoms. The summed E-state index contributed by atoms with van der Waals surface area (Å²) in [7, 11) is 0. The fourth-order valence-corrected chi connectivity index (χ4v) is 3.64. The second-order valence-corrected chi connectivity index (χ2v) is 11.0. The average Bonchev–Trinajstić information content (AvgIpc) is 2.69. The first-order valence-electron chi connectivity index (χ1n) is 10.9. The summed E-state index contributed by atoms with van der Waals surface area (Å²) in [6, 6.07) is 14.9. The number of halogens is 1. The Bertz CT molecular complexity index is 930. The summed E-state index contributed by atoms with van der Waals surface area (Å²) in [6.07, 6.45) is 0. The van der Waals surface area contributed by atoms with Crippen LogP contribution in [0.1, 0.15) is 59.6 Å². The number of nitrogens with one attached hydrogen (secondary N) is 1. The van der Waals surface area contributed by atoms with Crippen LogP contribution in [0.5, 0.6) is 5.75 Å². The molecule has 6 heteroatoms. The average molecular weight is 503 g/mol. The molecule has 0 saturated carbocycles. The third-order valence-corrected chi connectivity index (χ3v) is 5.63. The Morgan fingerprint density at radius 1 is 1.03 bits per heavy atom. The van der Waals surface area contributed by atoms with Gasteiger partial charge in [-0.2, -0.15) is 0 Å². The summed E-state index contributed by atoms with van der Waals surface area (Å²) in [5.41, 5.74) is 1.75. The van der Waals surface area contributed by atoms with Gasteiger partial charge in [-0.3, -0.25) is 9.59 Å². The highest BCUT2D eigenvalue weighted by molar-refractivity contribution is 9.10. The number of hydrogen-bond donors (Lipinski definition) is 1. The Hall–Kier alpha value is -2.34. The van der Waals surface area contributed by atoms with Crippen molar-refractivity contribution in [1.29, 1.82) is 0 Å². The third kappa shape index (κ3) is 7.66. The quantitative estimate of drug-likeness (QED) is 0.546. The molecule has 2 amide bonds. The number of nitrogens with zero attached hydrogens (tertiary/aromatic N) is 1. The Kier molecular flexibility index (Phi) is 8.52. The van der Waals surface area contributed by atoms with Gasteiger partial charge in [0.2, 0.25) is 5.91 Å². The minimum Gasteiger partial charge on any atom is -0.483 e. The standard InChI is InChI=1S/C26H35BrN2O3/c1-18(24(31)28-26(5,6)7)29(16-19-11-9-8-10-12-19)23(30)17-32-22-14-13-20(15-21(22)27)25(2,3)4/h8-15,18H,16-17H2,1-7H3,(H,28,31)/t18-/m1/s1. The number of carbonyl (C=O) groups excluding carboxylic acids is 2. The zero-order chi connectivity index (χ0) is 24.1. The van der Waals surface area contributed by atoms with Crippen LogP contribution in [0.15, 0.2) is 53.0 Å². The van der Waals surface area contributed by atoms with E-state index < -0.39 is 6.04 Å². The zero-order valence-electron chi connectivity index (χ0n) is 20.2. The molecule has 0 aliphatic rings. The van der Waals surface area contributed by atoms with Gasteiger partial charge in [0.05, 0.1) is 4.47 Å². The predicted octanol–water partition coefficient (Wildman–Crippen LogP) is 5.46. The van der Waals surface area contributed by atoms with Crippen molar-refractivity contribution in [3.8, 4) is 5.75 Å². The van der Waals surface area contributed by atoms with Gasteiger partial charge in [-0.1, -0.05) is 57.2 Å². The van der Waals surface area contributed by atoms with Gasteiger partial charge in [-0.25, -0.2) is 0 Å². The fourth-order valence-electron chi connectivity index (χ4n) is 3.14. The monoisotopic (exact) mass is 502 g/mol. The van der Waals surface area contributed by atoms with Crippen molar-refractivity contribution in [3.05, 3.63) is 64.1 Å².